The van der Waals surface area contributed by atoms with E-state index in [-0.39, 0.29) is 5.91 Å². The quantitative estimate of drug-likeness (QED) is 0.653. The fourth-order valence-electron chi connectivity index (χ4n) is 2.37. The summed E-state index contributed by atoms with van der Waals surface area (Å²) >= 11 is 0. The summed E-state index contributed by atoms with van der Waals surface area (Å²) < 4.78 is 4.73. The molecule has 0 spiro atoms. The summed E-state index contributed by atoms with van der Waals surface area (Å²) in [6.45, 7) is 5.58. The van der Waals surface area contributed by atoms with E-state index in [1.54, 1.807) is 19.1 Å². The standard InChI is InChI=1S/C20H21NO3/c1-14(2)13-18(20(23)24-3)21-19(22)17-11-9-16(10-12-17)15-7-5-4-6-8-15/h4-12,18H,1,13H2,2-3H3,(H,21,22)/t18-/m0/s1. The van der Waals surface area contributed by atoms with Crippen LogP contribution < -0.4 is 5.32 Å². The number of hydrogen-bond acceptors (Lipinski definition) is 3. The molecule has 0 aliphatic rings. The molecule has 1 atom stereocenters. The van der Waals surface area contributed by atoms with Crippen molar-refractivity contribution in [2.45, 2.75) is 19.4 Å². The summed E-state index contributed by atoms with van der Waals surface area (Å²) in [5.74, 6) is -0.793. The molecular formula is C20H21NO3. The average Bonchev–Trinajstić information content (AvgIpc) is 2.61. The van der Waals surface area contributed by atoms with Gasteiger partial charge in [-0.25, -0.2) is 4.79 Å². The Labute approximate surface area is 142 Å². The van der Waals surface area contributed by atoms with Gasteiger partial charge in [-0.3, -0.25) is 4.79 Å². The molecule has 0 radical (unpaired) electrons. The van der Waals surface area contributed by atoms with Gasteiger partial charge >= 0.3 is 5.97 Å². The van der Waals surface area contributed by atoms with Gasteiger partial charge in [0.1, 0.15) is 6.04 Å². The Hall–Kier alpha value is -2.88. The number of esters is 1. The number of hydrogen-bond donors (Lipinski definition) is 1. The molecule has 0 saturated carbocycles. The minimum absolute atomic E-state index is 0.314. The molecule has 0 aliphatic heterocycles. The molecular weight excluding hydrogens is 302 g/mol. The van der Waals surface area contributed by atoms with Gasteiger partial charge in [0, 0.05) is 5.56 Å². The van der Waals surface area contributed by atoms with Crippen molar-refractivity contribution in [2.75, 3.05) is 7.11 Å². The molecule has 2 aromatic rings. The third kappa shape index (κ3) is 4.56. The van der Waals surface area contributed by atoms with E-state index in [2.05, 4.69) is 11.9 Å². The summed E-state index contributed by atoms with van der Waals surface area (Å²) in [5.41, 5.74) is 3.40. The van der Waals surface area contributed by atoms with E-state index in [0.717, 1.165) is 16.7 Å². The van der Waals surface area contributed by atoms with Gasteiger partial charge in [0.2, 0.25) is 0 Å². The summed E-state index contributed by atoms with van der Waals surface area (Å²) in [6, 6.07) is 16.4. The Bertz CT molecular complexity index is 720. The fourth-order valence-corrected chi connectivity index (χ4v) is 2.37. The van der Waals surface area contributed by atoms with E-state index in [4.69, 9.17) is 4.74 Å². The van der Waals surface area contributed by atoms with Gasteiger partial charge in [0.25, 0.3) is 5.91 Å². The zero-order valence-corrected chi connectivity index (χ0v) is 13.9. The molecule has 0 aliphatic carbocycles. The van der Waals surface area contributed by atoms with Crippen LogP contribution in [0.1, 0.15) is 23.7 Å². The Morgan fingerprint density at radius 1 is 1.04 bits per heavy atom. The second kappa shape index (κ2) is 8.11. The molecule has 0 heterocycles. The first kappa shape index (κ1) is 17.5. The molecule has 4 nitrogen and oxygen atoms in total. The van der Waals surface area contributed by atoms with Crippen LogP contribution in [-0.2, 0) is 9.53 Å². The SMILES string of the molecule is C=C(C)C[C@H](NC(=O)c1ccc(-c2ccccc2)cc1)C(=O)OC. The highest BCUT2D eigenvalue weighted by molar-refractivity contribution is 5.97. The second-order valence-electron chi connectivity index (χ2n) is 5.65. The van der Waals surface area contributed by atoms with Gasteiger partial charge in [-0.1, -0.05) is 48.0 Å². The number of nitrogens with one attached hydrogen (secondary N) is 1. The fraction of sp³-hybridized carbons (Fsp3) is 0.200. The van der Waals surface area contributed by atoms with E-state index in [9.17, 15) is 9.59 Å². The normalized spacial score (nSPS) is 11.4. The highest BCUT2D eigenvalue weighted by atomic mass is 16.5. The van der Waals surface area contributed by atoms with E-state index < -0.39 is 12.0 Å². The number of benzene rings is 2. The lowest BCUT2D eigenvalue weighted by atomic mass is 10.0. The Morgan fingerprint density at radius 2 is 1.62 bits per heavy atom. The minimum atomic E-state index is -0.728. The number of carbonyl (C=O) groups excluding carboxylic acids is 2. The van der Waals surface area contributed by atoms with E-state index in [1.165, 1.54) is 7.11 Å². The maximum absolute atomic E-state index is 12.4. The Morgan fingerprint density at radius 3 is 2.17 bits per heavy atom. The monoisotopic (exact) mass is 323 g/mol. The molecule has 2 rings (SSSR count). The molecule has 24 heavy (non-hydrogen) atoms. The third-order valence-corrected chi connectivity index (χ3v) is 3.60. The molecule has 1 N–H and O–H groups in total. The van der Waals surface area contributed by atoms with Crippen LogP contribution >= 0.6 is 0 Å². The summed E-state index contributed by atoms with van der Waals surface area (Å²) in [7, 11) is 1.30. The molecule has 0 saturated heterocycles. The van der Waals surface area contributed by atoms with Crippen molar-refractivity contribution in [2.24, 2.45) is 0 Å². The largest absolute Gasteiger partial charge is 0.467 e. The molecule has 1 amide bonds. The smallest absolute Gasteiger partial charge is 0.328 e. The van der Waals surface area contributed by atoms with Crippen molar-refractivity contribution in [3.05, 3.63) is 72.3 Å². The topological polar surface area (TPSA) is 55.4 Å². The van der Waals surface area contributed by atoms with Crippen molar-refractivity contribution in [3.8, 4) is 11.1 Å². The molecule has 0 bridgehead atoms. The van der Waals surface area contributed by atoms with E-state index in [0.29, 0.717) is 12.0 Å². The predicted octanol–water partition coefficient (Wildman–Crippen LogP) is 3.59. The highest BCUT2D eigenvalue weighted by Gasteiger charge is 2.22. The van der Waals surface area contributed by atoms with Gasteiger partial charge < -0.3 is 10.1 Å². The van der Waals surface area contributed by atoms with Crippen LogP contribution in [-0.4, -0.2) is 25.0 Å². The maximum Gasteiger partial charge on any atom is 0.328 e. The van der Waals surface area contributed by atoms with Crippen molar-refractivity contribution >= 4 is 11.9 Å². The Kier molecular flexibility index (Phi) is 5.90. The van der Waals surface area contributed by atoms with Crippen molar-refractivity contribution in [1.82, 2.24) is 5.32 Å². The van der Waals surface area contributed by atoms with Crippen LogP contribution in [0.5, 0.6) is 0 Å². The van der Waals surface area contributed by atoms with Crippen molar-refractivity contribution < 1.29 is 14.3 Å². The van der Waals surface area contributed by atoms with Crippen molar-refractivity contribution in [3.63, 3.8) is 0 Å². The van der Waals surface area contributed by atoms with Crippen LogP contribution in [0.15, 0.2) is 66.7 Å². The first-order chi connectivity index (χ1) is 11.5. The van der Waals surface area contributed by atoms with Crippen molar-refractivity contribution in [1.29, 1.82) is 0 Å². The zero-order valence-electron chi connectivity index (χ0n) is 13.9. The predicted molar refractivity (Wildman–Crippen MR) is 94.6 cm³/mol. The third-order valence-electron chi connectivity index (χ3n) is 3.60. The zero-order chi connectivity index (χ0) is 17.5. The van der Waals surface area contributed by atoms with Gasteiger partial charge in [-0.15, -0.1) is 6.58 Å². The molecule has 124 valence electrons. The van der Waals surface area contributed by atoms with Crippen LogP contribution in [0.4, 0.5) is 0 Å². The molecule has 4 heteroatoms. The average molecular weight is 323 g/mol. The first-order valence-electron chi connectivity index (χ1n) is 7.70. The summed E-state index contributed by atoms with van der Waals surface area (Å²) in [4.78, 5) is 24.1. The lowest BCUT2D eigenvalue weighted by Crippen LogP contribution is -2.41. The van der Waals surface area contributed by atoms with Gasteiger partial charge in [0.15, 0.2) is 0 Å². The number of carbonyl (C=O) groups is 2. The molecule has 2 aromatic carbocycles. The van der Waals surface area contributed by atoms with E-state index >= 15 is 0 Å². The summed E-state index contributed by atoms with van der Waals surface area (Å²) in [6.07, 6.45) is 0.348. The Balaban J connectivity index is 2.11. The molecule has 0 fully saturated rings. The van der Waals surface area contributed by atoms with Crippen LogP contribution in [0.2, 0.25) is 0 Å². The highest BCUT2D eigenvalue weighted by Crippen LogP contribution is 2.19. The van der Waals surface area contributed by atoms with Crippen LogP contribution in [0.3, 0.4) is 0 Å². The van der Waals surface area contributed by atoms with Gasteiger partial charge in [-0.2, -0.15) is 0 Å². The van der Waals surface area contributed by atoms with Crippen LogP contribution in [0, 0.1) is 0 Å². The first-order valence-corrected chi connectivity index (χ1v) is 7.70. The second-order valence-corrected chi connectivity index (χ2v) is 5.65. The van der Waals surface area contributed by atoms with Gasteiger partial charge in [0.05, 0.1) is 7.11 Å². The molecule has 0 unspecified atom stereocenters. The van der Waals surface area contributed by atoms with E-state index in [1.807, 2.05) is 42.5 Å². The lowest BCUT2D eigenvalue weighted by molar-refractivity contribution is -0.142. The maximum atomic E-state index is 12.4. The number of amides is 1. The molecule has 0 aromatic heterocycles. The number of rotatable bonds is 6. The van der Waals surface area contributed by atoms with Gasteiger partial charge in [-0.05, 0) is 36.6 Å². The lowest BCUT2D eigenvalue weighted by Gasteiger charge is -2.16. The number of methoxy groups -OCH3 is 1. The minimum Gasteiger partial charge on any atom is -0.467 e. The van der Waals surface area contributed by atoms with Crippen LogP contribution in [0.25, 0.3) is 11.1 Å². The number of ether oxygens (including phenoxy) is 1. The summed E-state index contributed by atoms with van der Waals surface area (Å²) in [5, 5.41) is 2.70.